The Hall–Kier alpha value is -3.64. The van der Waals surface area contributed by atoms with Crippen LogP contribution in [0, 0.1) is 0 Å². The topological polar surface area (TPSA) is 74.5 Å². The van der Waals surface area contributed by atoms with E-state index in [4.69, 9.17) is 22.3 Å². The van der Waals surface area contributed by atoms with Gasteiger partial charge in [-0.3, -0.25) is 0 Å². The predicted octanol–water partition coefficient (Wildman–Crippen LogP) is 5.94. The highest BCUT2D eigenvalue weighted by Crippen LogP contribution is 2.35. The van der Waals surface area contributed by atoms with Crippen molar-refractivity contribution in [2.45, 2.75) is 26.3 Å². The molecular weight excluding hydrogens is 420 g/mol. The monoisotopic (exact) mass is 442 g/mol. The van der Waals surface area contributed by atoms with Crippen molar-refractivity contribution < 1.29 is 0 Å². The van der Waals surface area contributed by atoms with Gasteiger partial charge in [0.25, 0.3) is 0 Å². The maximum Gasteiger partial charge on any atom is 0.219 e. The number of hydrogen-bond donors (Lipinski definition) is 1. The van der Waals surface area contributed by atoms with Gasteiger partial charge in [-0.2, -0.15) is 0 Å². The first-order chi connectivity index (χ1) is 15.3. The molecule has 3 heterocycles. The smallest absolute Gasteiger partial charge is 0.219 e. The molecule has 0 atom stereocenters. The fraction of sp³-hybridized carbons (Fsp3) is 0.160. The van der Waals surface area contributed by atoms with E-state index in [1.54, 1.807) is 12.4 Å². The third kappa shape index (κ3) is 3.52. The molecule has 5 aromatic rings. The Kier molecular flexibility index (Phi) is 4.75. The summed E-state index contributed by atoms with van der Waals surface area (Å²) in [7, 11) is 0. The number of hydrogen-bond acceptors (Lipinski definition) is 4. The Balaban J connectivity index is 1.67. The Morgan fingerprint density at radius 1 is 0.875 bits per heavy atom. The Labute approximate surface area is 191 Å². The molecule has 32 heavy (non-hydrogen) atoms. The molecule has 7 heteroatoms. The number of nitrogens with two attached hydrogens (primary N) is 1. The number of imidazole rings is 1. The lowest BCUT2D eigenvalue weighted by Crippen LogP contribution is -2.22. The molecule has 0 bridgehead atoms. The Morgan fingerprint density at radius 3 is 2.22 bits per heavy atom. The van der Waals surface area contributed by atoms with Crippen molar-refractivity contribution >= 4 is 28.6 Å². The van der Waals surface area contributed by atoms with Gasteiger partial charge in [0.1, 0.15) is 5.82 Å². The number of aromatic nitrogens is 5. The summed E-state index contributed by atoms with van der Waals surface area (Å²) in [5, 5.41) is 0.672. The second-order valence-electron chi connectivity index (χ2n) is 8.73. The summed E-state index contributed by atoms with van der Waals surface area (Å²) in [6.07, 6.45) is 7.41. The van der Waals surface area contributed by atoms with E-state index in [1.807, 2.05) is 41.2 Å². The average Bonchev–Trinajstić information content (AvgIpc) is 3.41. The minimum absolute atomic E-state index is 0.179. The first-order valence-electron chi connectivity index (χ1n) is 10.4. The van der Waals surface area contributed by atoms with Crippen LogP contribution >= 0.6 is 11.6 Å². The SMILES string of the molecule is CC(C)(C)n1c(-c2ccc(-n3cccc3)c(Cl)c2)nc2cc(-c3cnc(N)nc3)ccc21. The lowest BCUT2D eigenvalue weighted by molar-refractivity contribution is 0.413. The molecular formula is C25H23ClN6. The summed E-state index contributed by atoms with van der Waals surface area (Å²) in [4.78, 5) is 13.2. The summed E-state index contributed by atoms with van der Waals surface area (Å²) < 4.78 is 4.26. The average molecular weight is 443 g/mol. The quantitative estimate of drug-likeness (QED) is 0.375. The zero-order valence-electron chi connectivity index (χ0n) is 18.1. The molecule has 0 saturated carbocycles. The Morgan fingerprint density at radius 2 is 1.56 bits per heavy atom. The summed E-state index contributed by atoms with van der Waals surface area (Å²) in [6.45, 7) is 6.53. The molecule has 6 nitrogen and oxygen atoms in total. The fourth-order valence-corrected chi connectivity index (χ4v) is 4.25. The molecule has 5 rings (SSSR count). The van der Waals surface area contributed by atoms with Gasteiger partial charge in [0, 0.05) is 41.5 Å². The number of nitrogens with zero attached hydrogens (tertiary/aromatic N) is 5. The van der Waals surface area contributed by atoms with Crippen molar-refractivity contribution in [3.05, 3.63) is 78.3 Å². The van der Waals surface area contributed by atoms with E-state index in [9.17, 15) is 0 Å². The maximum absolute atomic E-state index is 6.67. The van der Waals surface area contributed by atoms with Crippen molar-refractivity contribution in [1.29, 1.82) is 0 Å². The van der Waals surface area contributed by atoms with Crippen molar-refractivity contribution in [2.75, 3.05) is 5.73 Å². The maximum atomic E-state index is 6.67. The third-order valence-corrected chi connectivity index (χ3v) is 5.72. The molecule has 2 N–H and O–H groups in total. The largest absolute Gasteiger partial charge is 0.368 e. The zero-order valence-corrected chi connectivity index (χ0v) is 18.9. The van der Waals surface area contributed by atoms with Gasteiger partial charge in [-0.05, 0) is 68.8 Å². The van der Waals surface area contributed by atoms with Crippen LogP contribution in [0.1, 0.15) is 20.8 Å². The van der Waals surface area contributed by atoms with Crippen LogP contribution in [0.3, 0.4) is 0 Å². The first-order valence-corrected chi connectivity index (χ1v) is 10.7. The molecule has 0 saturated heterocycles. The number of halogens is 1. The van der Waals surface area contributed by atoms with Gasteiger partial charge >= 0.3 is 0 Å². The Bertz CT molecular complexity index is 1410. The van der Waals surface area contributed by atoms with E-state index in [0.29, 0.717) is 5.02 Å². The van der Waals surface area contributed by atoms with Crippen LogP contribution in [0.5, 0.6) is 0 Å². The summed E-state index contributed by atoms with van der Waals surface area (Å²) in [5.41, 5.74) is 11.2. The number of nitrogen functional groups attached to an aromatic ring is 1. The van der Waals surface area contributed by atoms with Gasteiger partial charge in [0.05, 0.1) is 21.7 Å². The number of benzene rings is 2. The molecule has 2 aromatic carbocycles. The van der Waals surface area contributed by atoms with Crippen molar-refractivity contribution in [2.24, 2.45) is 0 Å². The number of fused-ring (bicyclic) bond motifs is 1. The molecule has 3 aromatic heterocycles. The van der Waals surface area contributed by atoms with Gasteiger partial charge in [-0.15, -0.1) is 0 Å². The van der Waals surface area contributed by atoms with E-state index < -0.39 is 0 Å². The minimum Gasteiger partial charge on any atom is -0.368 e. The van der Waals surface area contributed by atoms with Crippen molar-refractivity contribution in [3.63, 3.8) is 0 Å². The van der Waals surface area contributed by atoms with Crippen molar-refractivity contribution in [3.8, 4) is 28.2 Å². The third-order valence-electron chi connectivity index (χ3n) is 5.42. The fourth-order valence-electron chi connectivity index (χ4n) is 3.97. The van der Waals surface area contributed by atoms with Crippen LogP contribution in [-0.2, 0) is 5.54 Å². The van der Waals surface area contributed by atoms with Crippen molar-refractivity contribution in [1.82, 2.24) is 24.1 Å². The molecule has 0 spiro atoms. The summed E-state index contributed by atoms with van der Waals surface area (Å²) >= 11 is 6.67. The second-order valence-corrected chi connectivity index (χ2v) is 9.14. The molecule has 0 fully saturated rings. The van der Waals surface area contributed by atoms with Crippen LogP contribution < -0.4 is 5.73 Å². The molecule has 160 valence electrons. The van der Waals surface area contributed by atoms with Gasteiger partial charge in [0.15, 0.2) is 0 Å². The molecule has 0 amide bonds. The van der Waals surface area contributed by atoms with Gasteiger partial charge in [0.2, 0.25) is 5.95 Å². The predicted molar refractivity (Wildman–Crippen MR) is 130 cm³/mol. The van der Waals surface area contributed by atoms with E-state index >= 15 is 0 Å². The molecule has 0 unspecified atom stereocenters. The zero-order chi connectivity index (χ0) is 22.5. The molecule has 0 radical (unpaired) electrons. The molecule has 0 aliphatic carbocycles. The van der Waals surface area contributed by atoms with E-state index in [2.05, 4.69) is 59.6 Å². The lowest BCUT2D eigenvalue weighted by atomic mass is 10.1. The minimum atomic E-state index is -0.179. The van der Waals surface area contributed by atoms with Crippen LogP contribution in [-0.4, -0.2) is 24.1 Å². The van der Waals surface area contributed by atoms with E-state index in [-0.39, 0.29) is 11.5 Å². The second kappa shape index (κ2) is 7.50. The van der Waals surface area contributed by atoms with E-state index in [0.717, 1.165) is 39.2 Å². The van der Waals surface area contributed by atoms with Crippen LogP contribution in [0.2, 0.25) is 5.02 Å². The lowest BCUT2D eigenvalue weighted by Gasteiger charge is -2.25. The summed E-state index contributed by atoms with van der Waals surface area (Å²) in [5.74, 6) is 1.13. The first kappa shape index (κ1) is 20.3. The van der Waals surface area contributed by atoms with Crippen LogP contribution in [0.25, 0.3) is 39.2 Å². The highest BCUT2D eigenvalue weighted by atomic mass is 35.5. The van der Waals surface area contributed by atoms with Gasteiger partial charge in [-0.1, -0.05) is 17.7 Å². The molecule has 0 aliphatic heterocycles. The number of rotatable bonds is 3. The standard InChI is InChI=1S/C25H23ClN6/c1-25(2,3)32-22-9-6-16(18-14-28-24(27)29-15-18)13-20(22)30-23(32)17-7-8-21(19(26)12-17)31-10-4-5-11-31/h4-15H,1-3H3,(H2,27,28,29). The normalized spacial score (nSPS) is 11.9. The van der Waals surface area contributed by atoms with Crippen LogP contribution in [0.15, 0.2) is 73.3 Å². The van der Waals surface area contributed by atoms with Gasteiger partial charge in [-0.25, -0.2) is 15.0 Å². The number of anilines is 1. The highest BCUT2D eigenvalue weighted by molar-refractivity contribution is 6.32. The van der Waals surface area contributed by atoms with Gasteiger partial charge < -0.3 is 14.9 Å². The van der Waals surface area contributed by atoms with E-state index in [1.165, 1.54) is 0 Å². The summed E-state index contributed by atoms with van der Waals surface area (Å²) in [6, 6.07) is 16.3. The molecule has 0 aliphatic rings. The van der Waals surface area contributed by atoms with Crippen LogP contribution in [0.4, 0.5) is 5.95 Å². The highest BCUT2D eigenvalue weighted by Gasteiger charge is 2.23.